The van der Waals surface area contributed by atoms with Crippen LogP contribution in [0.15, 0.2) is 42.5 Å². The van der Waals surface area contributed by atoms with Gasteiger partial charge in [0, 0.05) is 6.54 Å². The van der Waals surface area contributed by atoms with Crippen LogP contribution in [0.3, 0.4) is 0 Å². The molecule has 1 N–H and O–H groups in total. The molecule has 6 heteroatoms. The lowest BCUT2D eigenvalue weighted by molar-refractivity contribution is -0.127. The van der Waals surface area contributed by atoms with Crippen molar-refractivity contribution in [1.29, 1.82) is 0 Å². The number of rotatable bonds is 6. The van der Waals surface area contributed by atoms with E-state index in [0.29, 0.717) is 22.3 Å². The monoisotopic (exact) mass is 353 g/mol. The maximum absolute atomic E-state index is 12.1. The van der Waals surface area contributed by atoms with Crippen LogP contribution in [-0.2, 0) is 11.3 Å². The van der Waals surface area contributed by atoms with Gasteiger partial charge in [-0.1, -0.05) is 41.4 Å². The molecule has 0 heterocycles. The molecule has 0 aromatic heterocycles. The predicted molar refractivity (Wildman–Crippen MR) is 91.4 cm³/mol. The maximum atomic E-state index is 12.1. The molecule has 0 aliphatic rings. The molecule has 0 bridgehead atoms. The number of carbonyl (C=O) groups is 1. The van der Waals surface area contributed by atoms with E-state index in [1.807, 2.05) is 24.3 Å². The van der Waals surface area contributed by atoms with Crippen LogP contribution in [0.5, 0.6) is 11.5 Å². The highest BCUT2D eigenvalue weighted by Gasteiger charge is 2.16. The topological polar surface area (TPSA) is 47.6 Å². The Morgan fingerprint density at radius 1 is 1.22 bits per heavy atom. The molecule has 0 radical (unpaired) electrons. The van der Waals surface area contributed by atoms with Gasteiger partial charge in [-0.25, -0.2) is 0 Å². The zero-order valence-corrected chi connectivity index (χ0v) is 14.3. The Bertz CT molecular complexity index is 691. The first-order valence-electron chi connectivity index (χ1n) is 7.02. The highest BCUT2D eigenvalue weighted by atomic mass is 35.5. The van der Waals surface area contributed by atoms with Gasteiger partial charge in [0.05, 0.1) is 12.1 Å². The standard InChI is InChI=1S/C17H17Cl2NO3/c1-11(23-15-8-4-7-14(18)16(15)19)17(21)20-10-12-5-3-6-13(9-12)22-2/h3-9,11H,10H2,1-2H3,(H,20,21). The molecule has 0 saturated heterocycles. The van der Waals surface area contributed by atoms with Crippen LogP contribution in [0.2, 0.25) is 10.0 Å². The molecule has 0 spiro atoms. The molecule has 1 atom stereocenters. The van der Waals surface area contributed by atoms with Crippen molar-refractivity contribution < 1.29 is 14.3 Å². The quantitative estimate of drug-likeness (QED) is 0.850. The first-order valence-corrected chi connectivity index (χ1v) is 7.78. The number of hydrogen-bond acceptors (Lipinski definition) is 3. The fourth-order valence-electron chi connectivity index (χ4n) is 1.93. The van der Waals surface area contributed by atoms with Crippen molar-refractivity contribution in [3.63, 3.8) is 0 Å². The highest BCUT2D eigenvalue weighted by molar-refractivity contribution is 6.42. The van der Waals surface area contributed by atoms with Crippen molar-refractivity contribution in [2.75, 3.05) is 7.11 Å². The number of amides is 1. The normalized spacial score (nSPS) is 11.7. The van der Waals surface area contributed by atoms with Crippen LogP contribution in [0.4, 0.5) is 0 Å². The summed E-state index contributed by atoms with van der Waals surface area (Å²) in [6.45, 7) is 2.03. The van der Waals surface area contributed by atoms with Crippen molar-refractivity contribution in [3.05, 3.63) is 58.1 Å². The zero-order valence-electron chi connectivity index (χ0n) is 12.8. The van der Waals surface area contributed by atoms with E-state index in [2.05, 4.69) is 5.32 Å². The summed E-state index contributed by atoms with van der Waals surface area (Å²) in [5.74, 6) is 0.874. The van der Waals surface area contributed by atoms with Gasteiger partial charge in [0.25, 0.3) is 5.91 Å². The Morgan fingerprint density at radius 3 is 2.70 bits per heavy atom. The van der Waals surface area contributed by atoms with Crippen LogP contribution in [0.1, 0.15) is 12.5 Å². The smallest absolute Gasteiger partial charge is 0.261 e. The second-order valence-electron chi connectivity index (χ2n) is 4.88. The lowest BCUT2D eigenvalue weighted by Gasteiger charge is -2.16. The van der Waals surface area contributed by atoms with Crippen molar-refractivity contribution in [2.45, 2.75) is 19.6 Å². The van der Waals surface area contributed by atoms with Crippen molar-refractivity contribution in [2.24, 2.45) is 0 Å². The molecular formula is C17H17Cl2NO3. The highest BCUT2D eigenvalue weighted by Crippen LogP contribution is 2.32. The van der Waals surface area contributed by atoms with Gasteiger partial charge in [-0.15, -0.1) is 0 Å². The average molecular weight is 354 g/mol. The summed E-state index contributed by atoms with van der Waals surface area (Å²) in [5, 5.41) is 3.48. The van der Waals surface area contributed by atoms with E-state index >= 15 is 0 Å². The SMILES string of the molecule is COc1cccc(CNC(=O)C(C)Oc2cccc(Cl)c2Cl)c1. The molecule has 23 heavy (non-hydrogen) atoms. The molecule has 0 saturated carbocycles. The Morgan fingerprint density at radius 2 is 1.96 bits per heavy atom. The lowest BCUT2D eigenvalue weighted by atomic mass is 10.2. The second kappa shape index (κ2) is 8.09. The summed E-state index contributed by atoms with van der Waals surface area (Å²) in [7, 11) is 1.60. The number of methoxy groups -OCH3 is 1. The van der Waals surface area contributed by atoms with Gasteiger partial charge in [-0.05, 0) is 36.8 Å². The molecule has 4 nitrogen and oxygen atoms in total. The summed E-state index contributed by atoms with van der Waals surface area (Å²) < 4.78 is 10.7. The van der Waals surface area contributed by atoms with Gasteiger partial charge < -0.3 is 14.8 Å². The van der Waals surface area contributed by atoms with Crippen LogP contribution < -0.4 is 14.8 Å². The number of halogens is 2. The maximum Gasteiger partial charge on any atom is 0.261 e. The molecule has 0 aliphatic carbocycles. The number of benzene rings is 2. The van der Waals surface area contributed by atoms with Gasteiger partial charge in [-0.3, -0.25) is 4.79 Å². The molecule has 1 unspecified atom stereocenters. The molecule has 1 amide bonds. The van der Waals surface area contributed by atoms with Crippen LogP contribution >= 0.6 is 23.2 Å². The molecule has 2 rings (SSSR count). The van der Waals surface area contributed by atoms with Gasteiger partial charge in [0.1, 0.15) is 16.5 Å². The largest absolute Gasteiger partial charge is 0.497 e. The first kappa shape index (κ1) is 17.4. The summed E-state index contributed by atoms with van der Waals surface area (Å²) in [6.07, 6.45) is -0.698. The van der Waals surface area contributed by atoms with Crippen molar-refractivity contribution >= 4 is 29.1 Å². The predicted octanol–water partition coefficient (Wildman–Crippen LogP) is 4.09. The fourth-order valence-corrected chi connectivity index (χ4v) is 2.27. The molecule has 0 aliphatic heterocycles. The van der Waals surface area contributed by atoms with E-state index in [4.69, 9.17) is 32.7 Å². The summed E-state index contributed by atoms with van der Waals surface area (Å²) in [6, 6.07) is 12.5. The van der Waals surface area contributed by atoms with Crippen LogP contribution in [0, 0.1) is 0 Å². The van der Waals surface area contributed by atoms with Gasteiger partial charge in [0.15, 0.2) is 6.10 Å². The number of carbonyl (C=O) groups excluding carboxylic acids is 1. The second-order valence-corrected chi connectivity index (χ2v) is 5.67. The van der Waals surface area contributed by atoms with Crippen molar-refractivity contribution in [1.82, 2.24) is 5.32 Å². The number of ether oxygens (including phenoxy) is 2. The minimum Gasteiger partial charge on any atom is -0.497 e. The lowest BCUT2D eigenvalue weighted by Crippen LogP contribution is -2.35. The Hall–Kier alpha value is -1.91. The zero-order chi connectivity index (χ0) is 16.8. The minimum atomic E-state index is -0.698. The van der Waals surface area contributed by atoms with Crippen molar-refractivity contribution in [3.8, 4) is 11.5 Å². The number of hydrogen-bond donors (Lipinski definition) is 1. The minimum absolute atomic E-state index is 0.246. The molecule has 2 aromatic carbocycles. The van der Waals surface area contributed by atoms with E-state index in [9.17, 15) is 4.79 Å². The Balaban J connectivity index is 1.93. The third kappa shape index (κ3) is 4.78. The average Bonchev–Trinajstić information content (AvgIpc) is 2.57. The van der Waals surface area contributed by atoms with Gasteiger partial charge >= 0.3 is 0 Å². The first-order chi connectivity index (χ1) is 11.0. The summed E-state index contributed by atoms with van der Waals surface area (Å²) in [4.78, 5) is 12.1. The molecule has 0 fully saturated rings. The molecular weight excluding hydrogens is 337 g/mol. The van der Waals surface area contributed by atoms with E-state index in [1.54, 1.807) is 32.2 Å². The third-order valence-corrected chi connectivity index (χ3v) is 3.99. The molecule has 122 valence electrons. The fraction of sp³-hybridized carbons (Fsp3) is 0.235. The Labute approximate surface area is 145 Å². The van der Waals surface area contributed by atoms with Crippen LogP contribution in [0.25, 0.3) is 0 Å². The van der Waals surface area contributed by atoms with Gasteiger partial charge in [-0.2, -0.15) is 0 Å². The Kier molecular flexibility index (Phi) is 6.13. The van der Waals surface area contributed by atoms with E-state index in [1.165, 1.54) is 0 Å². The number of nitrogens with one attached hydrogen (secondary N) is 1. The van der Waals surface area contributed by atoms with E-state index in [0.717, 1.165) is 11.3 Å². The third-order valence-electron chi connectivity index (χ3n) is 3.19. The van der Waals surface area contributed by atoms with E-state index in [-0.39, 0.29) is 5.91 Å². The molecule has 2 aromatic rings. The van der Waals surface area contributed by atoms with Gasteiger partial charge in [0.2, 0.25) is 0 Å². The summed E-state index contributed by atoms with van der Waals surface area (Å²) >= 11 is 12.0. The van der Waals surface area contributed by atoms with Crippen LogP contribution in [-0.4, -0.2) is 19.1 Å². The summed E-state index contributed by atoms with van der Waals surface area (Å²) in [5.41, 5.74) is 0.936. The van der Waals surface area contributed by atoms with E-state index < -0.39 is 6.10 Å².